The van der Waals surface area contributed by atoms with Gasteiger partial charge in [0.1, 0.15) is 6.10 Å². The summed E-state index contributed by atoms with van der Waals surface area (Å²) in [6, 6.07) is 0. The first-order valence-corrected chi connectivity index (χ1v) is 10.3. The molecule has 2 aliphatic rings. The second-order valence-corrected chi connectivity index (χ2v) is 9.34. The molecule has 148 valence electrons. The fourth-order valence-corrected chi connectivity index (χ4v) is 4.52. The van der Waals surface area contributed by atoms with Gasteiger partial charge in [0.15, 0.2) is 5.79 Å². The van der Waals surface area contributed by atoms with Gasteiger partial charge in [-0.3, -0.25) is 4.90 Å². The molecule has 2 fully saturated rings. The first kappa shape index (κ1) is 21.1. The average Bonchev–Trinajstić information content (AvgIpc) is 2.89. The molecule has 0 aromatic carbocycles. The first-order valence-electron chi connectivity index (χ1n) is 10.3. The minimum absolute atomic E-state index is 0.0655. The zero-order valence-electron chi connectivity index (χ0n) is 17.5. The smallest absolute Gasteiger partial charge is 0.172 e. The van der Waals surface area contributed by atoms with Crippen LogP contribution in [0.4, 0.5) is 0 Å². The predicted molar refractivity (Wildman–Crippen MR) is 103 cm³/mol. The molecule has 2 rings (SSSR count). The highest BCUT2D eigenvalue weighted by Gasteiger charge is 2.55. The molecule has 0 N–H and O–H groups in total. The monoisotopic (exact) mass is 355 g/mol. The van der Waals surface area contributed by atoms with Gasteiger partial charge in [-0.1, -0.05) is 39.0 Å². The van der Waals surface area contributed by atoms with Gasteiger partial charge < -0.3 is 14.2 Å². The zero-order valence-corrected chi connectivity index (χ0v) is 17.5. The Kier molecular flexibility index (Phi) is 7.35. The van der Waals surface area contributed by atoms with Crippen molar-refractivity contribution in [3.05, 3.63) is 0 Å². The summed E-state index contributed by atoms with van der Waals surface area (Å²) in [5.41, 5.74) is 0.131. The van der Waals surface area contributed by atoms with E-state index in [2.05, 4.69) is 46.6 Å². The van der Waals surface area contributed by atoms with Gasteiger partial charge in [0, 0.05) is 30.5 Å². The van der Waals surface area contributed by atoms with Crippen molar-refractivity contribution in [2.75, 3.05) is 26.9 Å². The van der Waals surface area contributed by atoms with E-state index in [1.54, 1.807) is 0 Å². The Bertz CT molecular complexity index is 390. The van der Waals surface area contributed by atoms with Crippen molar-refractivity contribution in [1.29, 1.82) is 0 Å². The standard InChI is InChI=1S/C21H41NO3/c1-7-8-9-10-11-12-13-23-14-18-15-24-21(25-18)16-19(2,3)22(6)20(4,5)17-21/h18H,7-17H2,1-6H3. The van der Waals surface area contributed by atoms with E-state index in [1.807, 2.05) is 0 Å². The normalized spacial score (nSPS) is 27.8. The van der Waals surface area contributed by atoms with Gasteiger partial charge >= 0.3 is 0 Å². The number of piperidine rings is 1. The molecule has 0 aliphatic carbocycles. The molecule has 0 aromatic heterocycles. The minimum atomic E-state index is -0.437. The Hall–Kier alpha value is -0.160. The quantitative estimate of drug-likeness (QED) is 0.558. The Balaban J connectivity index is 1.70. The third-order valence-electron chi connectivity index (χ3n) is 6.08. The number of unbranched alkanes of at least 4 members (excludes halogenated alkanes) is 5. The third-order valence-corrected chi connectivity index (χ3v) is 6.08. The van der Waals surface area contributed by atoms with Crippen LogP contribution in [0.5, 0.6) is 0 Å². The lowest BCUT2D eigenvalue weighted by Crippen LogP contribution is -2.64. The topological polar surface area (TPSA) is 30.9 Å². The number of hydrogen-bond donors (Lipinski definition) is 0. The maximum Gasteiger partial charge on any atom is 0.172 e. The zero-order chi connectivity index (χ0) is 18.6. The minimum Gasteiger partial charge on any atom is -0.379 e. The van der Waals surface area contributed by atoms with E-state index >= 15 is 0 Å². The van der Waals surface area contributed by atoms with Crippen molar-refractivity contribution in [3.63, 3.8) is 0 Å². The molecule has 4 nitrogen and oxygen atoms in total. The van der Waals surface area contributed by atoms with E-state index in [0.29, 0.717) is 13.2 Å². The Morgan fingerprint density at radius 3 is 2.20 bits per heavy atom. The summed E-state index contributed by atoms with van der Waals surface area (Å²) in [5, 5.41) is 0. The molecule has 0 amide bonds. The molecular weight excluding hydrogens is 314 g/mol. The van der Waals surface area contributed by atoms with Crippen LogP contribution in [0.2, 0.25) is 0 Å². The van der Waals surface area contributed by atoms with Gasteiger partial charge in [-0.05, 0) is 41.2 Å². The van der Waals surface area contributed by atoms with Crippen LogP contribution < -0.4 is 0 Å². The lowest BCUT2D eigenvalue weighted by molar-refractivity contribution is -0.244. The van der Waals surface area contributed by atoms with Crippen LogP contribution in [0.1, 0.15) is 86.0 Å². The fraction of sp³-hybridized carbons (Fsp3) is 1.00. The molecule has 2 saturated heterocycles. The van der Waals surface area contributed by atoms with Crippen molar-refractivity contribution in [2.45, 2.75) is 109 Å². The molecule has 2 heterocycles. The summed E-state index contributed by atoms with van der Waals surface area (Å²) in [6.07, 6.45) is 9.70. The third kappa shape index (κ3) is 5.66. The van der Waals surface area contributed by atoms with Gasteiger partial charge in [0.05, 0.1) is 13.2 Å². The summed E-state index contributed by atoms with van der Waals surface area (Å²) >= 11 is 0. The summed E-state index contributed by atoms with van der Waals surface area (Å²) in [4.78, 5) is 2.46. The van der Waals surface area contributed by atoms with Gasteiger partial charge in [-0.2, -0.15) is 0 Å². The van der Waals surface area contributed by atoms with Crippen LogP contribution in [-0.2, 0) is 14.2 Å². The fourth-order valence-electron chi connectivity index (χ4n) is 4.52. The highest BCUT2D eigenvalue weighted by Crippen LogP contribution is 2.47. The summed E-state index contributed by atoms with van der Waals surface area (Å²) < 4.78 is 18.5. The number of ether oxygens (including phenoxy) is 3. The summed E-state index contributed by atoms with van der Waals surface area (Å²) in [5.74, 6) is -0.437. The number of likely N-dealkylation sites (tertiary alicyclic amines) is 1. The number of nitrogens with zero attached hydrogens (tertiary/aromatic N) is 1. The molecule has 25 heavy (non-hydrogen) atoms. The van der Waals surface area contributed by atoms with Gasteiger partial charge in [-0.15, -0.1) is 0 Å². The molecule has 0 saturated carbocycles. The highest BCUT2D eigenvalue weighted by atomic mass is 16.8. The van der Waals surface area contributed by atoms with Crippen molar-refractivity contribution in [1.82, 2.24) is 4.90 Å². The van der Waals surface area contributed by atoms with Crippen LogP contribution in [0.15, 0.2) is 0 Å². The van der Waals surface area contributed by atoms with Crippen LogP contribution >= 0.6 is 0 Å². The molecular formula is C21H41NO3. The van der Waals surface area contributed by atoms with Crippen molar-refractivity contribution >= 4 is 0 Å². The molecule has 0 bridgehead atoms. The molecule has 1 atom stereocenters. The maximum atomic E-state index is 6.40. The van der Waals surface area contributed by atoms with Crippen LogP contribution in [0, 0.1) is 0 Å². The van der Waals surface area contributed by atoms with E-state index in [-0.39, 0.29) is 17.2 Å². The molecule has 2 aliphatic heterocycles. The summed E-state index contributed by atoms with van der Waals surface area (Å²) in [6.45, 7) is 13.6. The molecule has 0 aromatic rings. The second-order valence-electron chi connectivity index (χ2n) is 9.34. The van der Waals surface area contributed by atoms with E-state index in [0.717, 1.165) is 25.9 Å². The van der Waals surface area contributed by atoms with Crippen LogP contribution in [0.25, 0.3) is 0 Å². The summed E-state index contributed by atoms with van der Waals surface area (Å²) in [7, 11) is 2.21. The number of hydrogen-bond acceptors (Lipinski definition) is 4. The van der Waals surface area contributed by atoms with Crippen molar-refractivity contribution in [3.8, 4) is 0 Å². The molecule has 4 heteroatoms. The van der Waals surface area contributed by atoms with E-state index in [4.69, 9.17) is 14.2 Å². The molecule has 0 radical (unpaired) electrons. The SMILES string of the molecule is CCCCCCCCOCC1COC2(CC(C)(C)N(C)C(C)(C)C2)O1. The van der Waals surface area contributed by atoms with E-state index < -0.39 is 5.79 Å². The van der Waals surface area contributed by atoms with Crippen LogP contribution in [-0.4, -0.2) is 54.7 Å². The largest absolute Gasteiger partial charge is 0.379 e. The first-order chi connectivity index (χ1) is 11.7. The van der Waals surface area contributed by atoms with Gasteiger partial charge in [-0.25, -0.2) is 0 Å². The Morgan fingerprint density at radius 2 is 1.56 bits per heavy atom. The van der Waals surface area contributed by atoms with E-state index in [9.17, 15) is 0 Å². The van der Waals surface area contributed by atoms with Crippen molar-refractivity contribution in [2.24, 2.45) is 0 Å². The van der Waals surface area contributed by atoms with Crippen molar-refractivity contribution < 1.29 is 14.2 Å². The Labute approximate surface area is 155 Å². The lowest BCUT2D eigenvalue weighted by Gasteiger charge is -2.56. The predicted octanol–water partition coefficient (Wildman–Crippen LogP) is 4.76. The van der Waals surface area contributed by atoms with Gasteiger partial charge in [0.2, 0.25) is 0 Å². The average molecular weight is 356 g/mol. The highest BCUT2D eigenvalue weighted by molar-refractivity contribution is 5.04. The van der Waals surface area contributed by atoms with E-state index in [1.165, 1.54) is 32.1 Å². The van der Waals surface area contributed by atoms with Crippen LogP contribution in [0.3, 0.4) is 0 Å². The maximum absolute atomic E-state index is 6.40. The Morgan fingerprint density at radius 1 is 0.960 bits per heavy atom. The second kappa shape index (κ2) is 8.69. The molecule has 1 unspecified atom stereocenters. The van der Waals surface area contributed by atoms with Gasteiger partial charge in [0.25, 0.3) is 0 Å². The lowest BCUT2D eigenvalue weighted by atomic mass is 9.76. The molecule has 1 spiro atoms. The number of rotatable bonds is 9.